The zero-order chi connectivity index (χ0) is 34.4. The van der Waals surface area contributed by atoms with Gasteiger partial charge in [0.25, 0.3) is 0 Å². The summed E-state index contributed by atoms with van der Waals surface area (Å²) >= 11 is 0. The van der Waals surface area contributed by atoms with Crippen molar-refractivity contribution < 1.29 is 8.42 Å². The van der Waals surface area contributed by atoms with Crippen molar-refractivity contribution in [3.8, 4) is 78.4 Å². The van der Waals surface area contributed by atoms with Crippen LogP contribution in [0.4, 0.5) is 0 Å². The molecule has 9 rings (SSSR count). The van der Waals surface area contributed by atoms with E-state index < -0.39 is 9.84 Å². The number of sulfone groups is 1. The fourth-order valence-corrected chi connectivity index (χ4v) is 8.69. The largest absolute Gasteiger partial charge is 0.264 e. The quantitative estimate of drug-likeness (QED) is 0.186. The lowest BCUT2D eigenvalue weighted by Crippen LogP contribution is -2.06. The van der Waals surface area contributed by atoms with E-state index in [-0.39, 0.29) is 9.79 Å². The van der Waals surface area contributed by atoms with Crippen molar-refractivity contribution in [1.82, 2.24) is 15.0 Å². The van der Waals surface area contributed by atoms with Crippen LogP contribution in [0.1, 0.15) is 0 Å². The average Bonchev–Trinajstić information content (AvgIpc) is 3.21. The number of rotatable bonds is 3. The van der Waals surface area contributed by atoms with Crippen molar-refractivity contribution in [2.75, 3.05) is 0 Å². The Bertz CT molecular complexity index is 2650. The fourth-order valence-electron chi connectivity index (χ4n) is 7.01. The lowest BCUT2D eigenvalue weighted by atomic mass is 9.86. The van der Waals surface area contributed by atoms with Gasteiger partial charge in [-0.25, -0.2) is 18.4 Å². The first-order valence-corrected chi connectivity index (χ1v) is 18.2. The van der Waals surface area contributed by atoms with E-state index in [4.69, 9.17) is 9.97 Å². The normalized spacial score (nSPS) is 12.6. The van der Waals surface area contributed by atoms with Crippen molar-refractivity contribution >= 4 is 9.84 Å². The van der Waals surface area contributed by atoms with E-state index in [1.165, 1.54) is 0 Å². The van der Waals surface area contributed by atoms with Crippen LogP contribution in [0.15, 0.2) is 186 Å². The van der Waals surface area contributed by atoms with Gasteiger partial charge in [0, 0.05) is 40.2 Å². The van der Waals surface area contributed by atoms with Gasteiger partial charge in [-0.15, -0.1) is 0 Å². The summed E-state index contributed by atoms with van der Waals surface area (Å²) in [5.74, 6) is 0.525. The maximum atomic E-state index is 14.9. The second-order valence-corrected chi connectivity index (χ2v) is 14.3. The molecule has 3 heterocycles. The Kier molecular flexibility index (Phi) is 7.45. The highest BCUT2D eigenvalue weighted by Gasteiger charge is 2.29. The Morgan fingerprint density at radius 3 is 1.43 bits per heavy atom. The molecule has 0 saturated heterocycles. The lowest BCUT2D eigenvalue weighted by molar-refractivity contribution is 0.596. The minimum absolute atomic E-state index is 0.239. The topological polar surface area (TPSA) is 72.8 Å². The molecule has 2 aromatic heterocycles. The Hall–Kier alpha value is -6.50. The zero-order valence-corrected chi connectivity index (χ0v) is 28.1. The van der Waals surface area contributed by atoms with Crippen LogP contribution in [0.2, 0.25) is 0 Å². The average molecular weight is 676 g/mol. The predicted molar refractivity (Wildman–Crippen MR) is 203 cm³/mol. The van der Waals surface area contributed by atoms with Crippen LogP contribution in [0.5, 0.6) is 0 Å². The third kappa shape index (κ3) is 5.34. The van der Waals surface area contributed by atoms with Crippen LogP contribution >= 0.6 is 0 Å². The molecular formula is C45H29N3O2S. The van der Waals surface area contributed by atoms with Gasteiger partial charge in [0.15, 0.2) is 5.82 Å². The number of hydrogen-bond donors (Lipinski definition) is 0. The summed E-state index contributed by atoms with van der Waals surface area (Å²) in [5.41, 5.74) is 10.9. The summed E-state index contributed by atoms with van der Waals surface area (Å²) in [7, 11) is -3.99. The number of nitrogens with zero attached hydrogens (tertiary/aromatic N) is 3. The van der Waals surface area contributed by atoms with Crippen LogP contribution in [0.25, 0.3) is 78.4 Å². The molecule has 0 saturated carbocycles. The van der Waals surface area contributed by atoms with Crippen LogP contribution in [-0.2, 0) is 9.84 Å². The highest BCUT2D eigenvalue weighted by molar-refractivity contribution is 7.91. The number of hydrogen-bond acceptors (Lipinski definition) is 5. The molecule has 0 fully saturated rings. The molecule has 0 amide bonds. The molecular weight excluding hydrogens is 647 g/mol. The first-order chi connectivity index (χ1) is 25.1. The van der Waals surface area contributed by atoms with Crippen molar-refractivity contribution in [3.05, 3.63) is 176 Å². The first kappa shape index (κ1) is 30.6. The third-order valence-electron chi connectivity index (χ3n) is 9.40. The van der Waals surface area contributed by atoms with Gasteiger partial charge in [-0.1, -0.05) is 127 Å². The van der Waals surface area contributed by atoms with Gasteiger partial charge in [0.2, 0.25) is 9.84 Å². The molecule has 0 unspecified atom stereocenters. The molecule has 0 N–H and O–H groups in total. The molecule has 0 atom stereocenters. The lowest BCUT2D eigenvalue weighted by Gasteiger charge is -2.18. The third-order valence-corrected chi connectivity index (χ3v) is 11.3. The zero-order valence-electron chi connectivity index (χ0n) is 27.3. The van der Waals surface area contributed by atoms with Crippen molar-refractivity contribution in [2.45, 2.75) is 9.79 Å². The van der Waals surface area contributed by atoms with Crippen LogP contribution < -0.4 is 0 Å². The van der Waals surface area contributed by atoms with Crippen molar-refractivity contribution in [3.63, 3.8) is 0 Å². The van der Waals surface area contributed by atoms with Crippen molar-refractivity contribution in [2.24, 2.45) is 0 Å². The predicted octanol–water partition coefficient (Wildman–Crippen LogP) is 10.7. The molecule has 0 radical (unpaired) electrons. The Morgan fingerprint density at radius 2 is 0.843 bits per heavy atom. The van der Waals surface area contributed by atoms with Crippen molar-refractivity contribution in [1.29, 1.82) is 0 Å². The number of benzene rings is 6. The van der Waals surface area contributed by atoms with Gasteiger partial charge in [-0.2, -0.15) is 0 Å². The molecule has 6 heteroatoms. The molecule has 1 aliphatic heterocycles. The molecule has 8 aromatic rings. The maximum absolute atomic E-state index is 14.9. The summed E-state index contributed by atoms with van der Waals surface area (Å²) < 4.78 is 29.7. The Morgan fingerprint density at radius 1 is 0.373 bits per heavy atom. The number of fused-ring (bicyclic) bond motifs is 9. The minimum Gasteiger partial charge on any atom is -0.264 e. The van der Waals surface area contributed by atoms with Gasteiger partial charge in [-0.3, -0.25) is 4.98 Å². The van der Waals surface area contributed by atoms with E-state index in [9.17, 15) is 8.42 Å². The Labute approximate surface area is 296 Å². The molecule has 0 aliphatic carbocycles. The SMILES string of the molecule is O=S1(=O)c2ccccc2-c2ccccc2-c2ccccc2-c2ccc(-c3nc(-c4ccccc4)cc(-c4cccnc4)n3)cc2-c2ccccc21. The fraction of sp³-hybridized carbons (Fsp3) is 0. The first-order valence-electron chi connectivity index (χ1n) is 16.7. The second kappa shape index (κ2) is 12.4. The van der Waals surface area contributed by atoms with Crippen LogP contribution in [0.3, 0.4) is 0 Å². The molecule has 51 heavy (non-hydrogen) atoms. The second-order valence-electron chi connectivity index (χ2n) is 12.4. The number of aromatic nitrogens is 3. The molecule has 6 aromatic carbocycles. The van der Waals surface area contributed by atoms with Gasteiger partial charge in [-0.05, 0) is 69.8 Å². The summed E-state index contributed by atoms with van der Waals surface area (Å²) in [5, 5.41) is 0. The molecule has 1 aliphatic rings. The highest BCUT2D eigenvalue weighted by atomic mass is 32.2. The number of pyridine rings is 1. The van der Waals surface area contributed by atoms with Gasteiger partial charge >= 0.3 is 0 Å². The molecule has 0 spiro atoms. The van der Waals surface area contributed by atoms with Gasteiger partial charge in [0.1, 0.15) is 0 Å². The minimum atomic E-state index is -3.99. The summed E-state index contributed by atoms with van der Waals surface area (Å²) in [6.45, 7) is 0. The van der Waals surface area contributed by atoms with Crippen LogP contribution in [-0.4, -0.2) is 23.4 Å². The highest BCUT2D eigenvalue weighted by Crippen LogP contribution is 2.47. The van der Waals surface area contributed by atoms with E-state index in [2.05, 4.69) is 29.2 Å². The summed E-state index contributed by atoms with van der Waals surface area (Å²) in [4.78, 5) is 15.0. The molecule has 242 valence electrons. The van der Waals surface area contributed by atoms with E-state index in [0.29, 0.717) is 17.0 Å². The van der Waals surface area contributed by atoms with E-state index in [1.54, 1.807) is 36.7 Å². The van der Waals surface area contributed by atoms with Gasteiger partial charge < -0.3 is 0 Å². The standard InChI is InChI=1S/C45H29N3O2S/c49-51(50)43-22-10-8-20-38(43)36-19-7-6-17-34(36)33-16-4-5-18-35(33)37-25-24-31(27-40(37)39-21-9-11-23-44(39)51)45-47-41(30-13-2-1-3-14-30)28-42(48-45)32-15-12-26-46-29-32/h1-29H. The smallest absolute Gasteiger partial charge is 0.207 e. The molecule has 5 nitrogen and oxygen atoms in total. The van der Waals surface area contributed by atoms with Crippen LogP contribution in [0, 0.1) is 0 Å². The monoisotopic (exact) mass is 675 g/mol. The molecule has 0 bridgehead atoms. The summed E-state index contributed by atoms with van der Waals surface area (Å²) in [6.07, 6.45) is 3.54. The maximum Gasteiger partial charge on any atom is 0.207 e. The van der Waals surface area contributed by atoms with E-state index in [0.717, 1.165) is 61.5 Å². The van der Waals surface area contributed by atoms with E-state index in [1.807, 2.05) is 115 Å². The van der Waals surface area contributed by atoms with E-state index >= 15 is 0 Å². The van der Waals surface area contributed by atoms with Gasteiger partial charge in [0.05, 0.1) is 21.2 Å². The summed E-state index contributed by atoms with van der Waals surface area (Å²) in [6, 6.07) is 52.9. The Balaban J connectivity index is 1.36.